The average Bonchev–Trinajstić information content (AvgIpc) is 1.91. The van der Waals surface area contributed by atoms with Crippen LogP contribution in [-0.2, 0) is 9.62 Å². The quantitative estimate of drug-likeness (QED) is 0.258. The molecule has 9 heavy (non-hydrogen) atoms. The predicted molar refractivity (Wildman–Crippen MR) is 32.3 cm³/mol. The van der Waals surface area contributed by atoms with E-state index in [0.29, 0.717) is 0 Å². The van der Waals surface area contributed by atoms with E-state index < -0.39 is 0 Å². The van der Waals surface area contributed by atoms with Crippen LogP contribution >= 0.6 is 0 Å². The Morgan fingerprint density at radius 1 is 1.33 bits per heavy atom. The maximum Gasteiger partial charge on any atom is 0.185 e. The van der Waals surface area contributed by atoms with Crippen molar-refractivity contribution in [2.45, 2.75) is 0 Å². The lowest BCUT2D eigenvalue weighted by atomic mass is 11.1. The zero-order valence-corrected chi connectivity index (χ0v) is 4.99. The molecule has 0 unspecified atom stereocenters. The minimum atomic E-state index is -0.274. The van der Waals surface area contributed by atoms with Crippen LogP contribution < -0.4 is 0 Å². The standard InChI is InChI=1S/C3H6O2.C2H4O2/c1-2-5-3-4;1-2-4-3/h2,4H,1,3H2;2-3H,1H2. The third-order valence-electron chi connectivity index (χ3n) is 0.267. The van der Waals surface area contributed by atoms with Gasteiger partial charge in [-0.15, -0.1) is 0 Å². The van der Waals surface area contributed by atoms with Crippen LogP contribution in [0.4, 0.5) is 0 Å². The van der Waals surface area contributed by atoms with Gasteiger partial charge in [-0.2, -0.15) is 0 Å². The summed E-state index contributed by atoms with van der Waals surface area (Å²) in [6, 6.07) is 0. The van der Waals surface area contributed by atoms with E-state index in [4.69, 9.17) is 10.4 Å². The highest BCUT2D eigenvalue weighted by Gasteiger charge is 1.56. The molecule has 0 rings (SSSR count). The molecule has 0 amide bonds. The fraction of sp³-hybridized carbons (Fsp3) is 0.200. The fourth-order valence-corrected chi connectivity index (χ4v) is 0.0527. The molecule has 54 valence electrons. The van der Waals surface area contributed by atoms with Crippen molar-refractivity contribution < 1.29 is 20.0 Å². The lowest BCUT2D eigenvalue weighted by Gasteiger charge is -1.83. The molecule has 0 aromatic carbocycles. The Morgan fingerprint density at radius 2 is 1.78 bits per heavy atom. The molecule has 0 fully saturated rings. The van der Waals surface area contributed by atoms with Crippen molar-refractivity contribution >= 4 is 0 Å². The number of ether oxygens (including phenoxy) is 1. The predicted octanol–water partition coefficient (Wildman–Crippen LogP) is 0.716. The Bertz CT molecular complexity index is 62.0. The summed E-state index contributed by atoms with van der Waals surface area (Å²) in [5, 5.41) is 15.0. The summed E-state index contributed by atoms with van der Waals surface area (Å²) >= 11 is 0. The van der Waals surface area contributed by atoms with Crippen molar-refractivity contribution in [1.29, 1.82) is 0 Å². The van der Waals surface area contributed by atoms with E-state index in [-0.39, 0.29) is 6.79 Å². The van der Waals surface area contributed by atoms with Crippen LogP contribution in [0.25, 0.3) is 0 Å². The average molecular weight is 134 g/mol. The van der Waals surface area contributed by atoms with Gasteiger partial charge < -0.3 is 14.7 Å². The first-order valence-electron chi connectivity index (χ1n) is 2.08. The highest BCUT2D eigenvalue weighted by atomic mass is 17.1. The molecule has 0 radical (unpaired) electrons. The molecular formula is C5H10O4. The summed E-state index contributed by atoms with van der Waals surface area (Å²) in [5.74, 6) is 0. The Kier molecular flexibility index (Phi) is 19.1. The van der Waals surface area contributed by atoms with Gasteiger partial charge in [0.1, 0.15) is 6.26 Å². The van der Waals surface area contributed by atoms with Gasteiger partial charge in [0.25, 0.3) is 0 Å². The molecule has 0 saturated carbocycles. The molecule has 0 aromatic rings. The van der Waals surface area contributed by atoms with Crippen LogP contribution in [0.5, 0.6) is 0 Å². The fourth-order valence-electron chi connectivity index (χ4n) is 0.0527. The number of aliphatic hydroxyl groups excluding tert-OH is 1. The Labute approximate surface area is 53.6 Å². The van der Waals surface area contributed by atoms with Gasteiger partial charge in [0.05, 0.1) is 6.26 Å². The second-order valence-corrected chi connectivity index (χ2v) is 0.735. The van der Waals surface area contributed by atoms with Gasteiger partial charge in [-0.05, 0) is 0 Å². The van der Waals surface area contributed by atoms with Gasteiger partial charge in [0, 0.05) is 0 Å². The third-order valence-corrected chi connectivity index (χ3v) is 0.267. The summed E-state index contributed by atoms with van der Waals surface area (Å²) in [6.07, 6.45) is 2.11. The van der Waals surface area contributed by atoms with Crippen molar-refractivity contribution in [3.05, 3.63) is 25.7 Å². The maximum atomic E-state index is 7.77. The van der Waals surface area contributed by atoms with Gasteiger partial charge in [0.2, 0.25) is 0 Å². The lowest BCUT2D eigenvalue weighted by Crippen LogP contribution is -1.78. The van der Waals surface area contributed by atoms with Gasteiger partial charge in [-0.25, -0.2) is 5.26 Å². The molecule has 0 bridgehead atoms. The van der Waals surface area contributed by atoms with Crippen LogP contribution in [0.1, 0.15) is 0 Å². The Hall–Kier alpha value is -1.00. The first kappa shape index (κ1) is 10.9. The monoisotopic (exact) mass is 134 g/mol. The van der Waals surface area contributed by atoms with Gasteiger partial charge >= 0.3 is 0 Å². The van der Waals surface area contributed by atoms with Crippen LogP contribution in [0.15, 0.2) is 25.7 Å². The van der Waals surface area contributed by atoms with Crippen molar-refractivity contribution in [1.82, 2.24) is 0 Å². The van der Waals surface area contributed by atoms with E-state index in [9.17, 15) is 0 Å². The molecule has 0 spiro atoms. The number of hydrogen-bond acceptors (Lipinski definition) is 4. The number of rotatable bonds is 3. The zero-order valence-electron chi connectivity index (χ0n) is 4.99. The van der Waals surface area contributed by atoms with Crippen molar-refractivity contribution in [2.75, 3.05) is 6.79 Å². The second kappa shape index (κ2) is 15.8. The number of hydrogen-bond donors (Lipinski definition) is 2. The molecule has 2 N–H and O–H groups in total. The topological polar surface area (TPSA) is 58.9 Å². The molecule has 0 aliphatic rings. The minimum Gasteiger partial charge on any atom is -0.476 e. The van der Waals surface area contributed by atoms with Crippen LogP contribution in [0.2, 0.25) is 0 Å². The molecule has 0 saturated heterocycles. The van der Waals surface area contributed by atoms with Crippen molar-refractivity contribution in [3.8, 4) is 0 Å². The number of aliphatic hydroxyl groups is 1. The first-order valence-corrected chi connectivity index (χ1v) is 2.08. The summed E-state index contributed by atoms with van der Waals surface area (Å²) in [7, 11) is 0. The Balaban J connectivity index is 0. The van der Waals surface area contributed by atoms with Crippen molar-refractivity contribution in [3.63, 3.8) is 0 Å². The summed E-state index contributed by atoms with van der Waals surface area (Å²) in [4.78, 5) is 3.31. The molecule has 0 atom stereocenters. The normalized spacial score (nSPS) is 6.00. The van der Waals surface area contributed by atoms with Crippen LogP contribution in [-0.4, -0.2) is 17.2 Å². The summed E-state index contributed by atoms with van der Waals surface area (Å²) in [5.41, 5.74) is 0. The zero-order chi connectivity index (χ0) is 7.54. The third kappa shape index (κ3) is 43.8. The lowest BCUT2D eigenvalue weighted by molar-refractivity contribution is -0.186. The minimum absolute atomic E-state index is 0.274. The van der Waals surface area contributed by atoms with E-state index in [1.165, 1.54) is 6.26 Å². The van der Waals surface area contributed by atoms with Crippen LogP contribution in [0.3, 0.4) is 0 Å². The van der Waals surface area contributed by atoms with E-state index in [0.717, 1.165) is 6.26 Å². The maximum absolute atomic E-state index is 7.77. The Morgan fingerprint density at radius 3 is 1.78 bits per heavy atom. The van der Waals surface area contributed by atoms with Crippen molar-refractivity contribution in [2.24, 2.45) is 0 Å². The van der Waals surface area contributed by atoms with E-state index >= 15 is 0 Å². The van der Waals surface area contributed by atoms with Gasteiger partial charge in [-0.3, -0.25) is 0 Å². The molecule has 4 nitrogen and oxygen atoms in total. The molecular weight excluding hydrogens is 124 g/mol. The molecule has 4 heteroatoms. The highest BCUT2D eigenvalue weighted by molar-refractivity contribution is 4.44. The smallest absolute Gasteiger partial charge is 0.185 e. The van der Waals surface area contributed by atoms with E-state index in [1.54, 1.807) is 0 Å². The molecule has 0 aromatic heterocycles. The van der Waals surface area contributed by atoms with Gasteiger partial charge in [0.15, 0.2) is 6.79 Å². The van der Waals surface area contributed by atoms with E-state index in [2.05, 4.69) is 22.8 Å². The van der Waals surface area contributed by atoms with E-state index in [1.807, 2.05) is 0 Å². The second-order valence-electron chi connectivity index (χ2n) is 0.735. The van der Waals surface area contributed by atoms with Crippen LogP contribution in [0, 0.1) is 0 Å². The summed E-state index contributed by atoms with van der Waals surface area (Å²) in [6.45, 7) is 5.90. The molecule has 0 heterocycles. The highest BCUT2D eigenvalue weighted by Crippen LogP contribution is 1.61. The first-order chi connectivity index (χ1) is 4.33. The molecule has 0 aliphatic heterocycles. The largest absolute Gasteiger partial charge is 0.476 e. The molecule has 0 aliphatic carbocycles. The van der Waals surface area contributed by atoms with Gasteiger partial charge in [-0.1, -0.05) is 13.2 Å². The SMILES string of the molecule is C=COCO.C=COO. The summed E-state index contributed by atoms with van der Waals surface area (Å²) < 4.78 is 4.15.